The van der Waals surface area contributed by atoms with Gasteiger partial charge >= 0.3 is 5.97 Å². The van der Waals surface area contributed by atoms with E-state index >= 15 is 0 Å². The lowest BCUT2D eigenvalue weighted by Gasteiger charge is -2.20. The van der Waals surface area contributed by atoms with Gasteiger partial charge in [-0.1, -0.05) is 42.5 Å². The van der Waals surface area contributed by atoms with E-state index in [0.717, 1.165) is 37.7 Å². The zero-order chi connectivity index (χ0) is 19.7. The van der Waals surface area contributed by atoms with E-state index in [1.165, 1.54) is 0 Å². The SMILES string of the molecule is Cc1ccc2oc(-c3ccc(Cl)cc3)c(OC(=O)C3CCCCC3)c(=O)c2c1. The highest BCUT2D eigenvalue weighted by Crippen LogP contribution is 2.33. The van der Waals surface area contributed by atoms with Crippen LogP contribution in [0.1, 0.15) is 37.7 Å². The molecule has 0 atom stereocenters. The molecule has 0 N–H and O–H groups in total. The van der Waals surface area contributed by atoms with Crippen LogP contribution in [-0.4, -0.2) is 5.97 Å². The number of carbonyl (C=O) groups excluding carboxylic acids is 1. The second-order valence-electron chi connectivity index (χ2n) is 7.35. The summed E-state index contributed by atoms with van der Waals surface area (Å²) in [4.78, 5) is 25.9. The van der Waals surface area contributed by atoms with E-state index in [9.17, 15) is 9.59 Å². The molecule has 1 aliphatic carbocycles. The molecule has 1 aliphatic rings. The molecule has 0 spiro atoms. The molecule has 0 saturated heterocycles. The maximum Gasteiger partial charge on any atom is 0.314 e. The molecule has 1 heterocycles. The molecule has 0 bridgehead atoms. The highest BCUT2D eigenvalue weighted by Gasteiger charge is 2.27. The third-order valence-corrected chi connectivity index (χ3v) is 5.50. The largest absolute Gasteiger partial charge is 0.452 e. The van der Waals surface area contributed by atoms with Crippen molar-refractivity contribution < 1.29 is 13.9 Å². The van der Waals surface area contributed by atoms with Crippen LogP contribution in [-0.2, 0) is 4.79 Å². The lowest BCUT2D eigenvalue weighted by molar-refractivity contribution is -0.140. The van der Waals surface area contributed by atoms with Crippen molar-refractivity contribution in [3.63, 3.8) is 0 Å². The van der Waals surface area contributed by atoms with E-state index in [-0.39, 0.29) is 28.8 Å². The second kappa shape index (κ2) is 7.80. The van der Waals surface area contributed by atoms with E-state index < -0.39 is 0 Å². The fourth-order valence-corrected chi connectivity index (χ4v) is 3.82. The number of ether oxygens (including phenoxy) is 1. The summed E-state index contributed by atoms with van der Waals surface area (Å²) in [6.45, 7) is 1.90. The fraction of sp³-hybridized carbons (Fsp3) is 0.304. The molecule has 0 aliphatic heterocycles. The van der Waals surface area contributed by atoms with Crippen LogP contribution in [0.15, 0.2) is 51.7 Å². The number of esters is 1. The van der Waals surface area contributed by atoms with Crippen molar-refractivity contribution in [2.45, 2.75) is 39.0 Å². The first-order chi connectivity index (χ1) is 13.5. The van der Waals surface area contributed by atoms with Gasteiger partial charge in [0.25, 0.3) is 0 Å². The summed E-state index contributed by atoms with van der Waals surface area (Å²) in [7, 11) is 0. The van der Waals surface area contributed by atoms with Gasteiger partial charge in [-0.2, -0.15) is 0 Å². The molecule has 144 valence electrons. The lowest BCUT2D eigenvalue weighted by atomic mass is 9.89. The number of halogens is 1. The lowest BCUT2D eigenvalue weighted by Crippen LogP contribution is -2.25. The van der Waals surface area contributed by atoms with Crippen molar-refractivity contribution in [1.82, 2.24) is 0 Å². The summed E-state index contributed by atoms with van der Waals surface area (Å²) in [6.07, 6.45) is 4.75. The topological polar surface area (TPSA) is 56.5 Å². The Bertz CT molecular complexity index is 1080. The maximum absolute atomic E-state index is 13.2. The number of benzene rings is 2. The Kier molecular flexibility index (Phi) is 5.23. The number of carbonyl (C=O) groups is 1. The summed E-state index contributed by atoms with van der Waals surface area (Å²) in [5.41, 5.74) is 1.69. The molecular formula is C23H21ClO4. The minimum absolute atomic E-state index is 0.0454. The van der Waals surface area contributed by atoms with Crippen LogP contribution in [0, 0.1) is 12.8 Å². The monoisotopic (exact) mass is 396 g/mol. The van der Waals surface area contributed by atoms with Crippen LogP contribution in [0.25, 0.3) is 22.3 Å². The molecule has 4 nitrogen and oxygen atoms in total. The predicted molar refractivity (Wildman–Crippen MR) is 110 cm³/mol. The van der Waals surface area contributed by atoms with Crippen molar-refractivity contribution in [3.8, 4) is 17.1 Å². The van der Waals surface area contributed by atoms with E-state index in [0.29, 0.717) is 21.6 Å². The molecule has 1 aromatic heterocycles. The molecule has 5 heteroatoms. The van der Waals surface area contributed by atoms with Gasteiger partial charge in [-0.25, -0.2) is 0 Å². The summed E-state index contributed by atoms with van der Waals surface area (Å²) >= 11 is 5.99. The average molecular weight is 397 g/mol. The van der Waals surface area contributed by atoms with Crippen LogP contribution in [0.4, 0.5) is 0 Å². The third-order valence-electron chi connectivity index (χ3n) is 5.25. The molecule has 28 heavy (non-hydrogen) atoms. The van der Waals surface area contributed by atoms with Gasteiger partial charge in [0, 0.05) is 10.6 Å². The summed E-state index contributed by atoms with van der Waals surface area (Å²) < 4.78 is 11.7. The van der Waals surface area contributed by atoms with E-state index in [4.69, 9.17) is 20.8 Å². The first-order valence-corrected chi connectivity index (χ1v) is 9.96. The molecule has 1 fully saturated rings. The van der Waals surface area contributed by atoms with E-state index in [2.05, 4.69) is 0 Å². The van der Waals surface area contributed by atoms with E-state index in [1.807, 2.05) is 13.0 Å². The molecular weight excluding hydrogens is 376 g/mol. The van der Waals surface area contributed by atoms with Gasteiger partial charge in [-0.15, -0.1) is 0 Å². The van der Waals surface area contributed by atoms with Gasteiger partial charge in [0.05, 0.1) is 11.3 Å². The molecule has 2 aromatic carbocycles. The standard InChI is InChI=1S/C23H21ClO4/c1-14-7-12-19-18(13-14)20(25)22(28-23(26)16-5-3-2-4-6-16)21(27-19)15-8-10-17(24)11-9-15/h7-13,16H,2-6H2,1H3. The zero-order valence-electron chi connectivity index (χ0n) is 15.7. The Balaban J connectivity index is 1.84. The Morgan fingerprint density at radius 3 is 2.50 bits per heavy atom. The average Bonchev–Trinajstić information content (AvgIpc) is 2.71. The van der Waals surface area contributed by atoms with Crippen LogP contribution in [0.3, 0.4) is 0 Å². The van der Waals surface area contributed by atoms with Crippen LogP contribution < -0.4 is 10.2 Å². The minimum Gasteiger partial charge on any atom is -0.452 e. The zero-order valence-corrected chi connectivity index (χ0v) is 16.4. The Hall–Kier alpha value is -2.59. The van der Waals surface area contributed by atoms with Gasteiger partial charge in [0.2, 0.25) is 11.2 Å². The van der Waals surface area contributed by atoms with Crippen molar-refractivity contribution in [1.29, 1.82) is 0 Å². The van der Waals surface area contributed by atoms with Crippen LogP contribution in [0.5, 0.6) is 5.75 Å². The van der Waals surface area contributed by atoms with Gasteiger partial charge < -0.3 is 9.15 Å². The van der Waals surface area contributed by atoms with Gasteiger partial charge in [0.1, 0.15) is 5.58 Å². The molecule has 0 radical (unpaired) electrons. The number of hydrogen-bond acceptors (Lipinski definition) is 4. The Morgan fingerprint density at radius 2 is 1.79 bits per heavy atom. The number of aryl methyl sites for hydroxylation is 1. The Labute approximate surface area is 168 Å². The molecule has 3 aromatic rings. The smallest absolute Gasteiger partial charge is 0.314 e. The van der Waals surface area contributed by atoms with Crippen molar-refractivity contribution in [2.75, 3.05) is 0 Å². The third kappa shape index (κ3) is 3.69. The Morgan fingerprint density at radius 1 is 1.07 bits per heavy atom. The van der Waals surface area contributed by atoms with Crippen molar-refractivity contribution >= 4 is 28.5 Å². The number of hydrogen-bond donors (Lipinski definition) is 0. The molecule has 0 unspecified atom stereocenters. The van der Waals surface area contributed by atoms with Gasteiger partial charge in [-0.05, 0) is 56.2 Å². The van der Waals surface area contributed by atoms with Gasteiger partial charge in [-0.3, -0.25) is 9.59 Å². The highest BCUT2D eigenvalue weighted by molar-refractivity contribution is 6.30. The molecule has 1 saturated carbocycles. The summed E-state index contributed by atoms with van der Waals surface area (Å²) in [6, 6.07) is 12.3. The fourth-order valence-electron chi connectivity index (χ4n) is 3.70. The van der Waals surface area contributed by atoms with Crippen molar-refractivity contribution in [3.05, 3.63) is 63.3 Å². The van der Waals surface area contributed by atoms with E-state index in [1.54, 1.807) is 36.4 Å². The first kappa shape index (κ1) is 18.8. The normalized spacial score (nSPS) is 14.9. The minimum atomic E-state index is -0.353. The predicted octanol–water partition coefficient (Wildman–Crippen LogP) is 5.91. The number of rotatable bonds is 3. The molecule has 4 rings (SSSR count). The second-order valence-corrected chi connectivity index (χ2v) is 7.79. The summed E-state index contributed by atoms with van der Waals surface area (Å²) in [5.74, 6) is -0.313. The quantitative estimate of drug-likeness (QED) is 0.516. The van der Waals surface area contributed by atoms with Crippen LogP contribution in [0.2, 0.25) is 5.02 Å². The van der Waals surface area contributed by atoms with Crippen LogP contribution >= 0.6 is 11.6 Å². The van der Waals surface area contributed by atoms with Gasteiger partial charge in [0.15, 0.2) is 5.76 Å². The molecule has 0 amide bonds. The summed E-state index contributed by atoms with van der Waals surface area (Å²) in [5, 5.41) is 0.979. The van der Waals surface area contributed by atoms with Crippen molar-refractivity contribution in [2.24, 2.45) is 5.92 Å². The number of fused-ring (bicyclic) bond motifs is 1. The maximum atomic E-state index is 13.2. The first-order valence-electron chi connectivity index (χ1n) is 9.58. The highest BCUT2D eigenvalue weighted by atomic mass is 35.5.